The molecule has 0 atom stereocenters. The Bertz CT molecular complexity index is 296. The lowest BCUT2D eigenvalue weighted by molar-refractivity contribution is -0.0498. The molecule has 0 aliphatic rings. The first-order chi connectivity index (χ1) is 6.00. The highest BCUT2D eigenvalue weighted by atomic mass is 79.9. The van der Waals surface area contributed by atoms with Crippen LogP contribution >= 0.6 is 31.9 Å². The van der Waals surface area contributed by atoms with Crippen LogP contribution < -0.4 is 10.5 Å². The number of hydrogen-bond acceptors (Lipinski definition) is 2. The largest absolute Gasteiger partial charge is 0.435 e. The fourth-order valence-corrected chi connectivity index (χ4v) is 1.44. The summed E-state index contributed by atoms with van der Waals surface area (Å²) in [6.07, 6.45) is 0. The second-order valence-electron chi connectivity index (χ2n) is 2.19. The number of benzene rings is 1. The molecular formula is C7H5Br2F2NO. The zero-order valence-corrected chi connectivity index (χ0v) is 9.40. The van der Waals surface area contributed by atoms with E-state index in [1.165, 1.54) is 12.1 Å². The molecule has 0 spiro atoms. The molecule has 1 aromatic carbocycles. The van der Waals surface area contributed by atoms with Crippen molar-refractivity contribution >= 4 is 37.5 Å². The third-order valence-electron chi connectivity index (χ3n) is 1.26. The molecular weight excluding hydrogens is 312 g/mol. The number of hydrogen-bond donors (Lipinski definition) is 1. The van der Waals surface area contributed by atoms with Crippen LogP contribution in [0.5, 0.6) is 5.75 Å². The van der Waals surface area contributed by atoms with Gasteiger partial charge in [-0.15, -0.1) is 0 Å². The van der Waals surface area contributed by atoms with E-state index in [-0.39, 0.29) is 5.75 Å². The zero-order chi connectivity index (χ0) is 10.0. The molecule has 0 saturated heterocycles. The first-order valence-electron chi connectivity index (χ1n) is 3.20. The molecule has 1 rings (SSSR count). The number of alkyl halides is 2. The average Bonchev–Trinajstić information content (AvgIpc) is 1.98. The van der Waals surface area contributed by atoms with Gasteiger partial charge in [-0.1, -0.05) is 0 Å². The van der Waals surface area contributed by atoms with E-state index in [4.69, 9.17) is 5.73 Å². The van der Waals surface area contributed by atoms with Crippen molar-refractivity contribution in [3.05, 3.63) is 21.1 Å². The number of anilines is 1. The lowest BCUT2D eigenvalue weighted by atomic mass is 10.3. The smallest absolute Gasteiger partial charge is 0.387 e. The second kappa shape index (κ2) is 4.23. The Morgan fingerprint density at radius 2 is 1.92 bits per heavy atom. The van der Waals surface area contributed by atoms with Crippen molar-refractivity contribution in [2.75, 3.05) is 5.73 Å². The van der Waals surface area contributed by atoms with Gasteiger partial charge >= 0.3 is 6.61 Å². The van der Waals surface area contributed by atoms with Crippen molar-refractivity contribution in [1.82, 2.24) is 0 Å². The summed E-state index contributed by atoms with van der Waals surface area (Å²) >= 11 is 6.30. The number of ether oxygens (including phenoxy) is 1. The average molecular weight is 317 g/mol. The van der Waals surface area contributed by atoms with E-state index in [0.29, 0.717) is 14.6 Å². The van der Waals surface area contributed by atoms with Crippen molar-refractivity contribution in [2.24, 2.45) is 0 Å². The molecule has 2 N–H and O–H groups in total. The summed E-state index contributed by atoms with van der Waals surface area (Å²) in [5.74, 6) is 0.0302. The van der Waals surface area contributed by atoms with Gasteiger partial charge in [0.05, 0.1) is 10.2 Å². The van der Waals surface area contributed by atoms with Crippen LogP contribution in [-0.2, 0) is 0 Å². The fraction of sp³-hybridized carbons (Fsp3) is 0.143. The summed E-state index contributed by atoms with van der Waals surface area (Å²) in [5.41, 5.74) is 5.83. The van der Waals surface area contributed by atoms with E-state index in [1.807, 2.05) is 0 Å². The molecule has 6 heteroatoms. The molecule has 2 nitrogen and oxygen atoms in total. The van der Waals surface area contributed by atoms with E-state index < -0.39 is 6.61 Å². The topological polar surface area (TPSA) is 35.2 Å². The first-order valence-corrected chi connectivity index (χ1v) is 4.78. The van der Waals surface area contributed by atoms with Crippen molar-refractivity contribution in [3.63, 3.8) is 0 Å². The normalized spacial score (nSPS) is 10.5. The zero-order valence-electron chi connectivity index (χ0n) is 6.23. The summed E-state index contributed by atoms with van der Waals surface area (Å²) in [7, 11) is 0. The van der Waals surface area contributed by atoms with Gasteiger partial charge in [0.15, 0.2) is 0 Å². The maximum absolute atomic E-state index is 11.8. The lowest BCUT2D eigenvalue weighted by Crippen LogP contribution is -2.02. The van der Waals surface area contributed by atoms with E-state index in [2.05, 4.69) is 36.6 Å². The Balaban J connectivity index is 2.99. The summed E-state index contributed by atoms with van der Waals surface area (Å²) in [5, 5.41) is 0. The van der Waals surface area contributed by atoms with Crippen LogP contribution in [0.4, 0.5) is 14.5 Å². The van der Waals surface area contributed by atoms with Crippen LogP contribution in [0.2, 0.25) is 0 Å². The van der Waals surface area contributed by atoms with Gasteiger partial charge in [-0.3, -0.25) is 0 Å². The van der Waals surface area contributed by atoms with Gasteiger partial charge in [0, 0.05) is 10.5 Å². The van der Waals surface area contributed by atoms with Crippen LogP contribution in [-0.4, -0.2) is 6.61 Å². The predicted molar refractivity (Wildman–Crippen MR) is 52.9 cm³/mol. The minimum absolute atomic E-state index is 0.0302. The molecule has 1 aromatic rings. The van der Waals surface area contributed by atoms with Crippen LogP contribution in [0.3, 0.4) is 0 Å². The van der Waals surface area contributed by atoms with Gasteiger partial charge in [-0.2, -0.15) is 8.78 Å². The molecule has 0 heterocycles. The molecule has 0 radical (unpaired) electrons. The van der Waals surface area contributed by atoms with Crippen LogP contribution in [0.1, 0.15) is 0 Å². The van der Waals surface area contributed by atoms with Gasteiger partial charge in [0.25, 0.3) is 0 Å². The molecule has 0 bridgehead atoms. The molecule has 0 unspecified atom stereocenters. The summed E-state index contributed by atoms with van der Waals surface area (Å²) < 4.78 is 28.9. The summed E-state index contributed by atoms with van der Waals surface area (Å²) in [6, 6.07) is 2.73. The second-order valence-corrected chi connectivity index (χ2v) is 3.83. The summed E-state index contributed by atoms with van der Waals surface area (Å²) in [4.78, 5) is 0. The van der Waals surface area contributed by atoms with Gasteiger partial charge in [-0.25, -0.2) is 0 Å². The van der Waals surface area contributed by atoms with Crippen LogP contribution in [0, 0.1) is 0 Å². The molecule has 0 fully saturated rings. The minimum Gasteiger partial charge on any atom is -0.435 e. The SMILES string of the molecule is Nc1cc(OC(F)F)cc(Br)c1Br. The summed E-state index contributed by atoms with van der Waals surface area (Å²) in [6.45, 7) is -2.84. The number of nitrogens with two attached hydrogens (primary N) is 1. The Hall–Kier alpha value is -0.360. The highest BCUT2D eigenvalue weighted by Gasteiger charge is 2.08. The lowest BCUT2D eigenvalue weighted by Gasteiger charge is -2.07. The fourth-order valence-electron chi connectivity index (χ4n) is 0.755. The van der Waals surface area contributed by atoms with E-state index >= 15 is 0 Å². The molecule has 72 valence electrons. The Kier molecular flexibility index (Phi) is 3.49. The quantitative estimate of drug-likeness (QED) is 0.849. The molecule has 13 heavy (non-hydrogen) atoms. The first kappa shape index (κ1) is 10.7. The number of halogens is 4. The highest BCUT2D eigenvalue weighted by molar-refractivity contribution is 9.13. The molecule has 0 saturated carbocycles. The minimum atomic E-state index is -2.84. The molecule has 0 aliphatic heterocycles. The van der Waals surface area contributed by atoms with E-state index in [0.717, 1.165) is 0 Å². The predicted octanol–water partition coefficient (Wildman–Crippen LogP) is 3.40. The van der Waals surface area contributed by atoms with Crippen molar-refractivity contribution in [2.45, 2.75) is 6.61 Å². The maximum Gasteiger partial charge on any atom is 0.387 e. The van der Waals surface area contributed by atoms with Crippen molar-refractivity contribution in [1.29, 1.82) is 0 Å². The van der Waals surface area contributed by atoms with Gasteiger partial charge in [0.1, 0.15) is 5.75 Å². The van der Waals surface area contributed by atoms with Crippen molar-refractivity contribution in [3.8, 4) is 5.75 Å². The molecule has 0 amide bonds. The third kappa shape index (κ3) is 2.80. The highest BCUT2D eigenvalue weighted by Crippen LogP contribution is 2.33. The maximum atomic E-state index is 11.8. The van der Waals surface area contributed by atoms with Gasteiger partial charge < -0.3 is 10.5 Å². The van der Waals surface area contributed by atoms with E-state index in [1.54, 1.807) is 0 Å². The monoisotopic (exact) mass is 315 g/mol. The molecule has 0 aromatic heterocycles. The number of rotatable bonds is 2. The Morgan fingerprint density at radius 3 is 2.38 bits per heavy atom. The van der Waals surface area contributed by atoms with Crippen LogP contribution in [0.15, 0.2) is 21.1 Å². The Labute approximate surface area is 90.3 Å². The van der Waals surface area contributed by atoms with E-state index in [9.17, 15) is 8.78 Å². The van der Waals surface area contributed by atoms with Crippen LogP contribution in [0.25, 0.3) is 0 Å². The standard InChI is InChI=1S/C7H5Br2F2NO/c8-4-1-3(13-7(10)11)2-5(12)6(4)9/h1-2,7H,12H2. The van der Waals surface area contributed by atoms with Gasteiger partial charge in [0.2, 0.25) is 0 Å². The molecule has 0 aliphatic carbocycles. The third-order valence-corrected chi connectivity index (χ3v) is 3.30. The van der Waals surface area contributed by atoms with Crippen molar-refractivity contribution < 1.29 is 13.5 Å². The number of nitrogen functional groups attached to an aromatic ring is 1. The van der Waals surface area contributed by atoms with Gasteiger partial charge in [-0.05, 0) is 37.9 Å². The Morgan fingerprint density at radius 1 is 1.31 bits per heavy atom.